The van der Waals surface area contributed by atoms with E-state index in [1.807, 2.05) is 49.1 Å². The summed E-state index contributed by atoms with van der Waals surface area (Å²) < 4.78 is 3.57. The van der Waals surface area contributed by atoms with E-state index in [2.05, 4.69) is 10.2 Å². The van der Waals surface area contributed by atoms with Gasteiger partial charge in [0.25, 0.3) is 0 Å². The molecule has 0 aliphatic carbocycles. The van der Waals surface area contributed by atoms with E-state index in [-0.39, 0.29) is 5.78 Å². The first-order valence-electron chi connectivity index (χ1n) is 6.65. The highest BCUT2D eigenvalue weighted by molar-refractivity contribution is 6.06. The molecule has 3 rings (SSSR count). The van der Waals surface area contributed by atoms with Gasteiger partial charge in [-0.3, -0.25) is 14.2 Å². The highest BCUT2D eigenvalue weighted by atomic mass is 16.1. The summed E-state index contributed by atoms with van der Waals surface area (Å²) in [5, 5.41) is 9.45. The van der Waals surface area contributed by atoms with E-state index in [4.69, 9.17) is 0 Å². The van der Waals surface area contributed by atoms with Crippen LogP contribution in [0.3, 0.4) is 0 Å². The fraction of sp³-hybridized carbons (Fsp3) is 0.267. The molecule has 3 aromatic rings. The summed E-state index contributed by atoms with van der Waals surface area (Å²) in [6.45, 7) is 2.82. The normalized spacial score (nSPS) is 11.1. The van der Waals surface area contributed by atoms with Gasteiger partial charge < -0.3 is 0 Å². The fourth-order valence-electron chi connectivity index (χ4n) is 2.36. The minimum Gasteiger partial charge on any atom is -0.292 e. The SMILES string of the molecule is CCn1cc(CC(=O)c2nn(C)c3ccccc23)cn1. The number of aryl methyl sites for hydroxylation is 2. The van der Waals surface area contributed by atoms with Gasteiger partial charge in [0.15, 0.2) is 5.78 Å². The Hall–Kier alpha value is -2.43. The van der Waals surface area contributed by atoms with Gasteiger partial charge in [-0.15, -0.1) is 0 Å². The lowest BCUT2D eigenvalue weighted by atomic mass is 10.1. The number of fused-ring (bicyclic) bond motifs is 1. The number of ketones is 1. The topological polar surface area (TPSA) is 52.7 Å². The molecule has 0 saturated heterocycles. The molecule has 0 N–H and O–H groups in total. The van der Waals surface area contributed by atoms with Gasteiger partial charge in [0, 0.05) is 31.6 Å². The number of carbonyl (C=O) groups excluding carboxylic acids is 1. The number of Topliss-reactive ketones (excluding diaryl/α,β-unsaturated/α-hetero) is 1. The molecule has 0 atom stereocenters. The van der Waals surface area contributed by atoms with Crippen LogP contribution in [0.2, 0.25) is 0 Å². The van der Waals surface area contributed by atoms with Crippen molar-refractivity contribution in [1.82, 2.24) is 19.6 Å². The lowest BCUT2D eigenvalue weighted by Crippen LogP contribution is -2.05. The lowest BCUT2D eigenvalue weighted by molar-refractivity contribution is 0.0989. The molecular weight excluding hydrogens is 252 g/mol. The molecule has 0 radical (unpaired) electrons. The maximum Gasteiger partial charge on any atom is 0.188 e. The summed E-state index contributed by atoms with van der Waals surface area (Å²) in [7, 11) is 1.86. The highest BCUT2D eigenvalue weighted by Gasteiger charge is 2.16. The van der Waals surface area contributed by atoms with Gasteiger partial charge in [0.05, 0.1) is 11.7 Å². The zero-order valence-electron chi connectivity index (χ0n) is 11.6. The Bertz CT molecular complexity index is 769. The number of hydrogen-bond donors (Lipinski definition) is 0. The second-order valence-electron chi connectivity index (χ2n) is 4.79. The van der Waals surface area contributed by atoms with Gasteiger partial charge in [-0.05, 0) is 18.6 Å². The van der Waals surface area contributed by atoms with E-state index < -0.39 is 0 Å². The first-order chi connectivity index (χ1) is 9.69. The summed E-state index contributed by atoms with van der Waals surface area (Å²) >= 11 is 0. The third-order valence-electron chi connectivity index (χ3n) is 3.40. The van der Waals surface area contributed by atoms with Crippen molar-refractivity contribution in [2.75, 3.05) is 0 Å². The quantitative estimate of drug-likeness (QED) is 0.682. The fourth-order valence-corrected chi connectivity index (χ4v) is 2.36. The Morgan fingerprint density at radius 3 is 2.85 bits per heavy atom. The summed E-state index contributed by atoms with van der Waals surface area (Å²) in [5.41, 5.74) is 2.43. The van der Waals surface area contributed by atoms with Gasteiger partial charge in [-0.2, -0.15) is 10.2 Å². The van der Waals surface area contributed by atoms with Crippen molar-refractivity contribution in [3.8, 4) is 0 Å². The van der Waals surface area contributed by atoms with Crippen molar-refractivity contribution < 1.29 is 4.79 Å². The highest BCUT2D eigenvalue weighted by Crippen LogP contribution is 2.19. The van der Waals surface area contributed by atoms with E-state index in [1.54, 1.807) is 10.9 Å². The Morgan fingerprint density at radius 2 is 2.10 bits per heavy atom. The van der Waals surface area contributed by atoms with Crippen LogP contribution >= 0.6 is 0 Å². The van der Waals surface area contributed by atoms with Crippen LogP contribution in [0.25, 0.3) is 10.9 Å². The smallest absolute Gasteiger partial charge is 0.188 e. The second-order valence-corrected chi connectivity index (χ2v) is 4.79. The van der Waals surface area contributed by atoms with E-state index in [9.17, 15) is 4.79 Å². The number of benzene rings is 1. The van der Waals surface area contributed by atoms with Gasteiger partial charge in [-0.25, -0.2) is 0 Å². The molecule has 0 bridgehead atoms. The Kier molecular flexibility index (Phi) is 3.10. The van der Waals surface area contributed by atoms with Crippen molar-refractivity contribution in [2.24, 2.45) is 7.05 Å². The number of carbonyl (C=O) groups is 1. The number of aromatic nitrogens is 4. The molecular formula is C15H16N4O. The summed E-state index contributed by atoms with van der Waals surface area (Å²) in [4.78, 5) is 12.4. The lowest BCUT2D eigenvalue weighted by Gasteiger charge is -1.96. The largest absolute Gasteiger partial charge is 0.292 e. The van der Waals surface area contributed by atoms with Crippen molar-refractivity contribution in [3.05, 3.63) is 47.9 Å². The van der Waals surface area contributed by atoms with E-state index in [0.29, 0.717) is 12.1 Å². The summed E-state index contributed by atoms with van der Waals surface area (Å²) in [5.74, 6) is 0.0254. The molecule has 5 nitrogen and oxygen atoms in total. The predicted octanol–water partition coefficient (Wildman–Crippen LogP) is 2.22. The van der Waals surface area contributed by atoms with E-state index >= 15 is 0 Å². The molecule has 20 heavy (non-hydrogen) atoms. The number of hydrogen-bond acceptors (Lipinski definition) is 3. The Labute approximate surface area is 116 Å². The molecule has 102 valence electrons. The van der Waals surface area contributed by atoms with Gasteiger partial charge in [-0.1, -0.05) is 18.2 Å². The van der Waals surface area contributed by atoms with Crippen molar-refractivity contribution >= 4 is 16.7 Å². The maximum absolute atomic E-state index is 12.4. The number of para-hydroxylation sites is 1. The molecule has 1 aromatic carbocycles. The standard InChI is InChI=1S/C15H16N4O/c1-3-19-10-11(9-16-19)8-14(20)15-12-6-4-5-7-13(12)18(2)17-15/h4-7,9-10H,3,8H2,1-2H3. The van der Waals surface area contributed by atoms with Crippen molar-refractivity contribution in [2.45, 2.75) is 19.9 Å². The van der Waals surface area contributed by atoms with Crippen LogP contribution in [0.15, 0.2) is 36.7 Å². The number of rotatable bonds is 4. The van der Waals surface area contributed by atoms with Crippen LogP contribution in [0.4, 0.5) is 0 Å². The average molecular weight is 268 g/mol. The van der Waals surface area contributed by atoms with E-state index in [0.717, 1.165) is 23.0 Å². The van der Waals surface area contributed by atoms with Gasteiger partial charge >= 0.3 is 0 Å². The van der Waals surface area contributed by atoms with Crippen LogP contribution in [-0.2, 0) is 20.0 Å². The van der Waals surface area contributed by atoms with Gasteiger partial charge in [0.1, 0.15) is 5.69 Å². The molecule has 0 aliphatic rings. The Balaban J connectivity index is 1.92. The molecule has 2 heterocycles. The maximum atomic E-state index is 12.4. The molecule has 0 unspecified atom stereocenters. The third-order valence-corrected chi connectivity index (χ3v) is 3.40. The minimum atomic E-state index is 0.0254. The molecule has 0 fully saturated rings. The van der Waals surface area contributed by atoms with Crippen LogP contribution in [0.1, 0.15) is 23.0 Å². The molecule has 5 heteroatoms. The molecule has 0 amide bonds. The molecule has 0 aliphatic heterocycles. The van der Waals surface area contributed by atoms with Crippen LogP contribution in [0.5, 0.6) is 0 Å². The summed E-state index contributed by atoms with van der Waals surface area (Å²) in [6.07, 6.45) is 3.98. The zero-order chi connectivity index (χ0) is 14.1. The molecule has 0 spiro atoms. The first kappa shape index (κ1) is 12.6. The van der Waals surface area contributed by atoms with Crippen LogP contribution in [-0.4, -0.2) is 25.3 Å². The molecule has 2 aromatic heterocycles. The van der Waals surface area contributed by atoms with Crippen LogP contribution in [0, 0.1) is 0 Å². The monoisotopic (exact) mass is 268 g/mol. The second kappa shape index (κ2) is 4.92. The average Bonchev–Trinajstić information content (AvgIpc) is 3.04. The third kappa shape index (κ3) is 2.11. The van der Waals surface area contributed by atoms with Crippen molar-refractivity contribution in [3.63, 3.8) is 0 Å². The predicted molar refractivity (Wildman–Crippen MR) is 76.6 cm³/mol. The zero-order valence-corrected chi connectivity index (χ0v) is 11.6. The van der Waals surface area contributed by atoms with Crippen LogP contribution < -0.4 is 0 Å². The number of nitrogens with zero attached hydrogens (tertiary/aromatic N) is 4. The van der Waals surface area contributed by atoms with Crippen molar-refractivity contribution in [1.29, 1.82) is 0 Å². The minimum absolute atomic E-state index is 0.0254. The van der Waals surface area contributed by atoms with Gasteiger partial charge in [0.2, 0.25) is 0 Å². The van der Waals surface area contributed by atoms with E-state index in [1.165, 1.54) is 0 Å². The summed E-state index contributed by atoms with van der Waals surface area (Å²) in [6, 6.07) is 7.78. The molecule has 0 saturated carbocycles. The Morgan fingerprint density at radius 1 is 1.30 bits per heavy atom. The first-order valence-corrected chi connectivity index (χ1v) is 6.65.